The van der Waals surface area contributed by atoms with E-state index in [1.807, 2.05) is 39.8 Å². The minimum absolute atomic E-state index is 0.0321. The summed E-state index contributed by atoms with van der Waals surface area (Å²) in [6, 6.07) is 7.33. The molecular weight excluding hydrogens is 320 g/mol. The largest absolute Gasteiger partial charge is 0.351 e. The average molecular weight is 339 g/mol. The summed E-state index contributed by atoms with van der Waals surface area (Å²) in [7, 11) is 0. The third kappa shape index (κ3) is 4.74. The summed E-state index contributed by atoms with van der Waals surface area (Å²) in [4.78, 5) is 16.5. The van der Waals surface area contributed by atoms with Gasteiger partial charge in [0.2, 0.25) is 11.1 Å². The van der Waals surface area contributed by atoms with Gasteiger partial charge in [0.1, 0.15) is 0 Å². The van der Waals surface area contributed by atoms with E-state index in [0.29, 0.717) is 16.0 Å². The van der Waals surface area contributed by atoms with E-state index in [1.165, 1.54) is 11.8 Å². The number of aromatic amines is 1. The number of H-pyrrole nitrogens is 1. The lowest BCUT2D eigenvalue weighted by Gasteiger charge is -2.22. The van der Waals surface area contributed by atoms with Crippen LogP contribution in [0.3, 0.4) is 0 Å². The van der Waals surface area contributed by atoms with Crippen LogP contribution >= 0.6 is 23.4 Å². The first kappa shape index (κ1) is 16.8. The molecule has 1 aromatic heterocycles. The van der Waals surface area contributed by atoms with Crippen LogP contribution in [0.1, 0.15) is 27.7 Å². The predicted octanol–water partition coefficient (Wildman–Crippen LogP) is 3.52. The highest BCUT2D eigenvalue weighted by molar-refractivity contribution is 8.00. The highest BCUT2D eigenvalue weighted by atomic mass is 35.5. The molecule has 1 heterocycles. The van der Waals surface area contributed by atoms with E-state index in [-0.39, 0.29) is 16.7 Å². The minimum atomic E-state index is -0.270. The molecule has 0 aliphatic rings. The number of nitrogens with zero attached hydrogens (tertiary/aromatic N) is 2. The normalized spacial score (nSPS) is 13.0. The van der Waals surface area contributed by atoms with Crippen LogP contribution in [0.25, 0.3) is 11.4 Å². The summed E-state index contributed by atoms with van der Waals surface area (Å²) >= 11 is 7.19. The van der Waals surface area contributed by atoms with Gasteiger partial charge >= 0.3 is 0 Å². The smallest absolute Gasteiger partial charge is 0.233 e. The van der Waals surface area contributed by atoms with Crippen LogP contribution in [0.4, 0.5) is 0 Å². The molecule has 0 spiro atoms. The maximum Gasteiger partial charge on any atom is 0.233 e. The van der Waals surface area contributed by atoms with Crippen LogP contribution < -0.4 is 5.32 Å². The fraction of sp³-hybridized carbons (Fsp3) is 0.400. The van der Waals surface area contributed by atoms with Crippen LogP contribution in [0.15, 0.2) is 29.4 Å². The van der Waals surface area contributed by atoms with Crippen molar-refractivity contribution in [1.82, 2.24) is 20.5 Å². The molecule has 0 unspecified atom stereocenters. The maximum atomic E-state index is 12.1. The Hall–Kier alpha value is -1.53. The molecule has 1 amide bonds. The van der Waals surface area contributed by atoms with Crippen molar-refractivity contribution in [3.63, 3.8) is 0 Å². The Morgan fingerprint density at radius 2 is 1.95 bits per heavy atom. The van der Waals surface area contributed by atoms with Gasteiger partial charge in [0.25, 0.3) is 0 Å². The number of amides is 1. The summed E-state index contributed by atoms with van der Waals surface area (Å²) in [6.07, 6.45) is 0. The number of hydrogen-bond donors (Lipinski definition) is 2. The van der Waals surface area contributed by atoms with Gasteiger partial charge in [0.15, 0.2) is 5.82 Å². The summed E-state index contributed by atoms with van der Waals surface area (Å²) < 4.78 is 0. The number of aromatic nitrogens is 3. The number of benzene rings is 1. The lowest BCUT2D eigenvalue weighted by atomic mass is 10.1. The summed E-state index contributed by atoms with van der Waals surface area (Å²) in [6.45, 7) is 7.69. The molecule has 0 bridgehead atoms. The van der Waals surface area contributed by atoms with Gasteiger partial charge < -0.3 is 5.32 Å². The van der Waals surface area contributed by atoms with E-state index in [2.05, 4.69) is 20.5 Å². The standard InChI is InChI=1S/C15H19ClN4OS/c1-9(13(21)18-15(2,3)4)22-14-17-12(19-20-14)10-5-7-11(16)8-6-10/h5-9H,1-4H3,(H,18,21)(H,17,19,20)/t9-/m1/s1. The zero-order valence-electron chi connectivity index (χ0n) is 13.0. The molecule has 0 fully saturated rings. The van der Waals surface area contributed by atoms with E-state index >= 15 is 0 Å². The Kier molecular flexibility index (Phi) is 5.13. The Labute approximate surface area is 139 Å². The van der Waals surface area contributed by atoms with Crippen molar-refractivity contribution < 1.29 is 4.79 Å². The molecule has 5 nitrogen and oxygen atoms in total. The minimum Gasteiger partial charge on any atom is -0.351 e. The average Bonchev–Trinajstić information content (AvgIpc) is 2.86. The number of halogens is 1. The van der Waals surface area contributed by atoms with Gasteiger partial charge in [-0.1, -0.05) is 23.4 Å². The molecule has 2 aromatic rings. The van der Waals surface area contributed by atoms with E-state index in [9.17, 15) is 4.79 Å². The number of nitrogens with one attached hydrogen (secondary N) is 2. The molecule has 2 rings (SSSR count). The van der Waals surface area contributed by atoms with Crippen LogP contribution in [0, 0.1) is 0 Å². The van der Waals surface area contributed by atoms with Crippen molar-refractivity contribution in [2.24, 2.45) is 0 Å². The molecule has 7 heteroatoms. The van der Waals surface area contributed by atoms with Gasteiger partial charge in [0.05, 0.1) is 5.25 Å². The zero-order chi connectivity index (χ0) is 16.3. The third-order valence-corrected chi connectivity index (χ3v) is 3.95. The highest BCUT2D eigenvalue weighted by Gasteiger charge is 2.21. The Morgan fingerprint density at radius 3 is 2.55 bits per heavy atom. The van der Waals surface area contributed by atoms with E-state index < -0.39 is 0 Å². The second kappa shape index (κ2) is 6.71. The second-order valence-electron chi connectivity index (χ2n) is 5.97. The van der Waals surface area contributed by atoms with Crippen LogP contribution in [0.5, 0.6) is 0 Å². The van der Waals surface area contributed by atoms with Gasteiger partial charge in [-0.2, -0.15) is 0 Å². The van der Waals surface area contributed by atoms with Crippen molar-refractivity contribution >= 4 is 29.3 Å². The van der Waals surface area contributed by atoms with Crippen LogP contribution in [-0.2, 0) is 4.79 Å². The molecule has 0 aliphatic carbocycles. The first-order valence-corrected chi connectivity index (χ1v) is 8.17. The number of carbonyl (C=O) groups excluding carboxylic acids is 1. The van der Waals surface area contributed by atoms with Gasteiger partial charge in [-0.25, -0.2) is 4.98 Å². The van der Waals surface area contributed by atoms with E-state index in [0.717, 1.165) is 5.56 Å². The van der Waals surface area contributed by atoms with Crippen molar-refractivity contribution in [1.29, 1.82) is 0 Å². The predicted molar refractivity (Wildman–Crippen MR) is 90.0 cm³/mol. The SMILES string of the molecule is C[C@@H](Sc1n[nH]c(-c2ccc(Cl)cc2)n1)C(=O)NC(C)(C)C. The summed E-state index contributed by atoms with van der Waals surface area (Å²) in [5.74, 6) is 0.623. The van der Waals surface area contributed by atoms with Gasteiger partial charge in [-0.15, -0.1) is 5.10 Å². The zero-order valence-corrected chi connectivity index (χ0v) is 14.5. The number of hydrogen-bond acceptors (Lipinski definition) is 4. The number of thioether (sulfide) groups is 1. The molecule has 1 atom stereocenters. The van der Waals surface area contributed by atoms with Crippen molar-refractivity contribution in [3.8, 4) is 11.4 Å². The summed E-state index contributed by atoms with van der Waals surface area (Å²) in [5.41, 5.74) is 0.648. The van der Waals surface area contributed by atoms with Crippen molar-refractivity contribution in [3.05, 3.63) is 29.3 Å². The lowest BCUT2D eigenvalue weighted by Crippen LogP contribution is -2.44. The topological polar surface area (TPSA) is 70.7 Å². The highest BCUT2D eigenvalue weighted by Crippen LogP contribution is 2.24. The molecule has 0 aliphatic heterocycles. The molecular formula is C15H19ClN4OS. The van der Waals surface area contributed by atoms with Crippen LogP contribution in [-0.4, -0.2) is 31.9 Å². The van der Waals surface area contributed by atoms with Gasteiger partial charge in [-0.05, 0) is 52.0 Å². The van der Waals surface area contributed by atoms with E-state index in [4.69, 9.17) is 11.6 Å². The lowest BCUT2D eigenvalue weighted by molar-refractivity contribution is -0.121. The molecule has 0 saturated carbocycles. The molecule has 22 heavy (non-hydrogen) atoms. The molecule has 118 valence electrons. The number of rotatable bonds is 4. The Balaban J connectivity index is 2.03. The Bertz CT molecular complexity index is 648. The first-order chi connectivity index (χ1) is 10.2. The number of carbonyl (C=O) groups is 1. The van der Waals surface area contributed by atoms with Gasteiger partial charge in [-0.3, -0.25) is 9.89 Å². The van der Waals surface area contributed by atoms with Crippen LogP contribution in [0.2, 0.25) is 5.02 Å². The maximum absolute atomic E-state index is 12.1. The fourth-order valence-corrected chi connectivity index (χ4v) is 2.57. The second-order valence-corrected chi connectivity index (χ2v) is 7.72. The Morgan fingerprint density at radius 1 is 1.32 bits per heavy atom. The fourth-order valence-electron chi connectivity index (χ4n) is 1.72. The molecule has 0 saturated heterocycles. The molecule has 1 aromatic carbocycles. The van der Waals surface area contributed by atoms with Crippen molar-refractivity contribution in [2.75, 3.05) is 0 Å². The summed E-state index contributed by atoms with van der Waals surface area (Å²) in [5, 5.41) is 10.9. The van der Waals surface area contributed by atoms with Gasteiger partial charge in [0, 0.05) is 16.1 Å². The molecule has 2 N–H and O–H groups in total. The monoisotopic (exact) mass is 338 g/mol. The first-order valence-electron chi connectivity index (χ1n) is 6.91. The van der Waals surface area contributed by atoms with E-state index in [1.54, 1.807) is 12.1 Å². The quantitative estimate of drug-likeness (QED) is 0.837. The third-order valence-electron chi connectivity index (χ3n) is 2.73. The molecule has 0 radical (unpaired) electrons. The van der Waals surface area contributed by atoms with Crippen molar-refractivity contribution in [2.45, 2.75) is 43.6 Å².